The Hall–Kier alpha value is -0.800. The maximum atomic E-state index is 5.82. The van der Waals surface area contributed by atoms with Gasteiger partial charge < -0.3 is 4.74 Å². The molecule has 0 fully saturated rings. The van der Waals surface area contributed by atoms with E-state index >= 15 is 0 Å². The summed E-state index contributed by atoms with van der Waals surface area (Å²) in [6.45, 7) is 2.00. The quantitative estimate of drug-likeness (QED) is 0.726. The predicted molar refractivity (Wildman–Crippen MR) is 55.9 cm³/mol. The summed E-state index contributed by atoms with van der Waals surface area (Å²) in [5.41, 5.74) is 2.06. The predicted octanol–water partition coefficient (Wildman–Crippen LogP) is 3.27. The second kappa shape index (κ2) is 3.16. The fraction of sp³-hybridized carbons (Fsp3) is 0.222. The number of rotatable bonds is 1. The maximum absolute atomic E-state index is 5.82. The zero-order valence-electron chi connectivity index (χ0n) is 7.30. The van der Waals surface area contributed by atoms with Crippen molar-refractivity contribution in [3.05, 3.63) is 22.2 Å². The van der Waals surface area contributed by atoms with Gasteiger partial charge in [-0.3, -0.25) is 0 Å². The van der Waals surface area contributed by atoms with Gasteiger partial charge in [-0.15, -0.1) is 11.3 Å². The number of nitrogens with zero attached hydrogens (tertiary/aromatic N) is 1. The molecule has 0 atom stereocenters. The van der Waals surface area contributed by atoms with Crippen molar-refractivity contribution in [3.63, 3.8) is 0 Å². The van der Waals surface area contributed by atoms with Crippen LogP contribution in [-0.2, 0) is 0 Å². The molecule has 4 heteroatoms. The van der Waals surface area contributed by atoms with Gasteiger partial charge in [0.25, 0.3) is 0 Å². The number of methoxy groups -OCH3 is 1. The molecule has 2 aromatic rings. The van der Waals surface area contributed by atoms with E-state index in [1.165, 1.54) is 11.3 Å². The van der Waals surface area contributed by atoms with Crippen LogP contribution in [-0.4, -0.2) is 12.1 Å². The third-order valence-corrected chi connectivity index (χ3v) is 2.98. The molecule has 0 N–H and O–H groups in total. The van der Waals surface area contributed by atoms with Crippen LogP contribution < -0.4 is 4.74 Å². The number of aryl methyl sites for hydroxylation is 1. The molecule has 68 valence electrons. The van der Waals surface area contributed by atoms with Gasteiger partial charge in [0.2, 0.25) is 0 Å². The van der Waals surface area contributed by atoms with Crippen molar-refractivity contribution in [3.8, 4) is 5.75 Å². The molecule has 0 radical (unpaired) electrons. The van der Waals surface area contributed by atoms with Crippen molar-refractivity contribution < 1.29 is 4.74 Å². The summed E-state index contributed by atoms with van der Waals surface area (Å²) in [6.07, 6.45) is 0. The van der Waals surface area contributed by atoms with Crippen LogP contribution in [0.25, 0.3) is 10.2 Å². The van der Waals surface area contributed by atoms with Crippen LogP contribution in [0, 0.1) is 6.92 Å². The second-order valence-corrected chi connectivity index (χ2v) is 4.37. The number of hydrogen-bond donors (Lipinski definition) is 0. The van der Waals surface area contributed by atoms with Crippen LogP contribution >= 0.6 is 22.9 Å². The molecule has 0 spiro atoms. The third kappa shape index (κ3) is 1.49. The van der Waals surface area contributed by atoms with Gasteiger partial charge in [-0.1, -0.05) is 11.6 Å². The van der Waals surface area contributed by atoms with Crippen molar-refractivity contribution in [2.45, 2.75) is 6.92 Å². The van der Waals surface area contributed by atoms with E-state index in [4.69, 9.17) is 16.3 Å². The lowest BCUT2D eigenvalue weighted by Crippen LogP contribution is -1.83. The van der Waals surface area contributed by atoms with Gasteiger partial charge in [0.15, 0.2) is 4.47 Å². The zero-order valence-corrected chi connectivity index (χ0v) is 8.87. The summed E-state index contributed by atoms with van der Waals surface area (Å²) < 4.78 is 6.79. The maximum Gasteiger partial charge on any atom is 0.184 e. The highest BCUT2D eigenvalue weighted by atomic mass is 35.5. The van der Waals surface area contributed by atoms with Crippen LogP contribution in [0.2, 0.25) is 4.47 Å². The Morgan fingerprint density at radius 2 is 2.23 bits per heavy atom. The van der Waals surface area contributed by atoms with E-state index in [0.717, 1.165) is 21.5 Å². The molecule has 1 aromatic carbocycles. The molecule has 0 unspecified atom stereocenters. The van der Waals surface area contributed by atoms with Crippen LogP contribution in [0.3, 0.4) is 0 Å². The summed E-state index contributed by atoms with van der Waals surface area (Å²) in [6, 6.07) is 3.91. The molecule has 0 saturated carbocycles. The lowest BCUT2D eigenvalue weighted by atomic mass is 10.2. The molecule has 13 heavy (non-hydrogen) atoms. The summed E-state index contributed by atoms with van der Waals surface area (Å²) in [4.78, 5) is 4.22. The molecule has 0 saturated heterocycles. The number of aromatic nitrogens is 1. The highest BCUT2D eigenvalue weighted by Crippen LogP contribution is 2.31. The van der Waals surface area contributed by atoms with Crippen molar-refractivity contribution >= 4 is 33.2 Å². The van der Waals surface area contributed by atoms with Gasteiger partial charge in [0.05, 0.1) is 17.3 Å². The topological polar surface area (TPSA) is 22.1 Å². The summed E-state index contributed by atoms with van der Waals surface area (Å²) in [5.74, 6) is 0.852. The minimum Gasteiger partial charge on any atom is -0.497 e. The lowest BCUT2D eigenvalue weighted by molar-refractivity contribution is 0.415. The normalized spacial score (nSPS) is 10.7. The van der Waals surface area contributed by atoms with Gasteiger partial charge in [-0.25, -0.2) is 4.98 Å². The molecule has 2 nitrogen and oxygen atoms in total. The molecule has 0 amide bonds. The van der Waals surface area contributed by atoms with E-state index in [-0.39, 0.29) is 0 Å². The molecule has 1 heterocycles. The third-order valence-electron chi connectivity index (χ3n) is 1.87. The molecule has 2 rings (SSSR count). The molecule has 0 aliphatic rings. The van der Waals surface area contributed by atoms with Gasteiger partial charge in [-0.05, 0) is 24.6 Å². The Morgan fingerprint density at radius 1 is 1.46 bits per heavy atom. The largest absolute Gasteiger partial charge is 0.497 e. The highest BCUT2D eigenvalue weighted by Gasteiger charge is 2.06. The lowest BCUT2D eigenvalue weighted by Gasteiger charge is -2.00. The molecule has 0 aliphatic heterocycles. The summed E-state index contributed by atoms with van der Waals surface area (Å²) in [5, 5.41) is 0. The van der Waals surface area contributed by atoms with E-state index in [2.05, 4.69) is 4.98 Å². The van der Waals surface area contributed by atoms with Crippen molar-refractivity contribution in [1.29, 1.82) is 0 Å². The minimum absolute atomic E-state index is 0.575. The van der Waals surface area contributed by atoms with Crippen LogP contribution in [0.1, 0.15) is 5.56 Å². The molecular formula is C9H8ClNOS. The standard InChI is InChI=1S/C9H8ClNOS/c1-5-3-6(12-2)4-7-8(5)11-9(10)13-7/h3-4H,1-2H3. The Bertz CT molecular complexity index is 452. The first-order valence-corrected chi connectivity index (χ1v) is 5.01. The SMILES string of the molecule is COc1cc(C)c2nc(Cl)sc2c1. The number of benzene rings is 1. The minimum atomic E-state index is 0.575. The van der Waals surface area contributed by atoms with Gasteiger partial charge in [0.1, 0.15) is 5.75 Å². The molecular weight excluding hydrogens is 206 g/mol. The van der Waals surface area contributed by atoms with Gasteiger partial charge in [0, 0.05) is 0 Å². The van der Waals surface area contributed by atoms with Crippen molar-refractivity contribution in [2.24, 2.45) is 0 Å². The average Bonchev–Trinajstić information content (AvgIpc) is 2.46. The fourth-order valence-corrected chi connectivity index (χ4v) is 2.39. The molecule has 1 aromatic heterocycles. The van der Waals surface area contributed by atoms with E-state index in [9.17, 15) is 0 Å². The van der Waals surface area contributed by atoms with Crippen LogP contribution in [0.5, 0.6) is 5.75 Å². The fourth-order valence-electron chi connectivity index (χ4n) is 1.26. The van der Waals surface area contributed by atoms with E-state index in [1.54, 1.807) is 7.11 Å². The first kappa shape index (κ1) is 8.78. The van der Waals surface area contributed by atoms with Gasteiger partial charge >= 0.3 is 0 Å². The van der Waals surface area contributed by atoms with Crippen molar-refractivity contribution in [1.82, 2.24) is 4.98 Å². The first-order chi connectivity index (χ1) is 6.20. The summed E-state index contributed by atoms with van der Waals surface area (Å²) >= 11 is 7.29. The smallest absolute Gasteiger partial charge is 0.184 e. The Kier molecular flexibility index (Phi) is 2.14. The van der Waals surface area contributed by atoms with Crippen LogP contribution in [0.4, 0.5) is 0 Å². The highest BCUT2D eigenvalue weighted by molar-refractivity contribution is 7.22. The molecule has 0 aliphatic carbocycles. The van der Waals surface area contributed by atoms with E-state index in [0.29, 0.717) is 4.47 Å². The number of ether oxygens (including phenoxy) is 1. The zero-order chi connectivity index (χ0) is 9.42. The molecule has 0 bridgehead atoms. The number of hydrogen-bond acceptors (Lipinski definition) is 3. The van der Waals surface area contributed by atoms with E-state index < -0.39 is 0 Å². The Morgan fingerprint density at radius 3 is 2.92 bits per heavy atom. The number of halogens is 1. The van der Waals surface area contributed by atoms with Gasteiger partial charge in [-0.2, -0.15) is 0 Å². The second-order valence-electron chi connectivity index (χ2n) is 2.76. The first-order valence-electron chi connectivity index (χ1n) is 3.81. The monoisotopic (exact) mass is 213 g/mol. The average molecular weight is 214 g/mol. The number of fused-ring (bicyclic) bond motifs is 1. The van der Waals surface area contributed by atoms with E-state index in [1.807, 2.05) is 19.1 Å². The Balaban J connectivity index is 2.75. The van der Waals surface area contributed by atoms with Crippen LogP contribution in [0.15, 0.2) is 12.1 Å². The van der Waals surface area contributed by atoms with Crippen molar-refractivity contribution in [2.75, 3.05) is 7.11 Å². The summed E-state index contributed by atoms with van der Waals surface area (Å²) in [7, 11) is 1.66. The Labute approximate surface area is 85.1 Å². The number of thiazole rings is 1.